The number of aryl methyl sites for hydroxylation is 1. The van der Waals surface area contributed by atoms with Gasteiger partial charge in [0, 0.05) is 31.9 Å². The molecule has 1 aliphatic heterocycles. The summed E-state index contributed by atoms with van der Waals surface area (Å²) in [5, 5.41) is 2.88. The van der Waals surface area contributed by atoms with Crippen molar-refractivity contribution in [2.45, 2.75) is 64.7 Å². The Balaban J connectivity index is 2.19. The van der Waals surface area contributed by atoms with E-state index in [1.165, 1.54) is 4.31 Å². The molecule has 1 aromatic carbocycles. The van der Waals surface area contributed by atoms with Crippen molar-refractivity contribution in [1.82, 2.24) is 9.21 Å². The fourth-order valence-corrected chi connectivity index (χ4v) is 5.31. The van der Waals surface area contributed by atoms with E-state index in [0.717, 1.165) is 0 Å². The van der Waals surface area contributed by atoms with Crippen molar-refractivity contribution in [3.63, 3.8) is 0 Å². The summed E-state index contributed by atoms with van der Waals surface area (Å²) in [6.45, 7) is 13.4. The van der Waals surface area contributed by atoms with Gasteiger partial charge in [-0.2, -0.15) is 4.31 Å². The number of hydrogen-bond donors (Lipinski definition) is 1. The normalized spacial score (nSPS) is 22.2. The molecule has 0 saturated carbocycles. The Morgan fingerprint density at radius 2 is 1.82 bits per heavy atom. The van der Waals surface area contributed by atoms with Crippen LogP contribution in [0.1, 0.15) is 40.2 Å². The number of rotatable bonds is 7. The topological polar surface area (TPSA) is 79.0 Å². The average molecular weight is 412 g/mol. The van der Waals surface area contributed by atoms with Crippen LogP contribution in [0.3, 0.4) is 0 Å². The van der Waals surface area contributed by atoms with Crippen LogP contribution in [0.2, 0.25) is 0 Å². The van der Waals surface area contributed by atoms with Crippen molar-refractivity contribution in [1.29, 1.82) is 0 Å². The molecule has 0 unspecified atom stereocenters. The minimum absolute atomic E-state index is 0.0733. The highest BCUT2D eigenvalue weighted by molar-refractivity contribution is 7.89. The van der Waals surface area contributed by atoms with Gasteiger partial charge in [-0.15, -0.1) is 0 Å². The monoisotopic (exact) mass is 411 g/mol. The zero-order valence-electron chi connectivity index (χ0n) is 17.7. The highest BCUT2D eigenvalue weighted by Gasteiger charge is 2.30. The number of hydrogen-bond acceptors (Lipinski definition) is 5. The van der Waals surface area contributed by atoms with E-state index in [0.29, 0.717) is 37.4 Å². The van der Waals surface area contributed by atoms with Crippen LogP contribution in [0, 0.1) is 6.92 Å². The first-order valence-corrected chi connectivity index (χ1v) is 11.3. The second-order valence-corrected chi connectivity index (χ2v) is 9.35. The molecule has 0 aliphatic carbocycles. The predicted molar refractivity (Wildman–Crippen MR) is 111 cm³/mol. The lowest BCUT2D eigenvalue weighted by Crippen LogP contribution is -2.52. The summed E-state index contributed by atoms with van der Waals surface area (Å²) in [5.74, 6) is -0.156. The molecule has 0 spiro atoms. The van der Waals surface area contributed by atoms with Gasteiger partial charge in [0.2, 0.25) is 15.9 Å². The van der Waals surface area contributed by atoms with E-state index in [9.17, 15) is 13.2 Å². The smallest absolute Gasteiger partial charge is 0.243 e. The molecule has 1 amide bonds. The number of carbonyl (C=O) groups is 1. The Hall–Kier alpha value is -1.48. The van der Waals surface area contributed by atoms with Gasteiger partial charge in [0.15, 0.2) is 0 Å². The van der Waals surface area contributed by atoms with Crippen molar-refractivity contribution in [3.8, 4) is 0 Å². The molecular formula is C20H33N3O4S. The highest BCUT2D eigenvalue weighted by Crippen LogP contribution is 2.24. The summed E-state index contributed by atoms with van der Waals surface area (Å²) in [7, 11) is -3.59. The van der Waals surface area contributed by atoms with Gasteiger partial charge < -0.3 is 10.1 Å². The second-order valence-electron chi connectivity index (χ2n) is 7.45. The van der Waals surface area contributed by atoms with Crippen molar-refractivity contribution in [2.24, 2.45) is 0 Å². The largest absolute Gasteiger partial charge is 0.373 e. The number of amides is 1. The lowest BCUT2D eigenvalue weighted by Gasteiger charge is -2.38. The van der Waals surface area contributed by atoms with Gasteiger partial charge in [-0.25, -0.2) is 8.42 Å². The van der Waals surface area contributed by atoms with Crippen LogP contribution in [0.15, 0.2) is 23.1 Å². The molecule has 7 nitrogen and oxygen atoms in total. The standard InChI is InChI=1S/C20H33N3O4S/c1-7-23(8-2)28(25,26)19-11-18(10-9-14(19)3)21-20(24)17(6)22-12-15(4)27-16(5)13-22/h9-11,15-17H,7-8,12-13H2,1-6H3,(H,21,24)/t15-,16-,17+/m1/s1. The highest BCUT2D eigenvalue weighted by atomic mass is 32.2. The molecule has 0 bridgehead atoms. The number of anilines is 1. The average Bonchev–Trinajstić information content (AvgIpc) is 2.62. The van der Waals surface area contributed by atoms with Crippen molar-refractivity contribution < 1.29 is 17.9 Å². The maximum atomic E-state index is 12.9. The number of carbonyl (C=O) groups excluding carboxylic acids is 1. The number of nitrogens with one attached hydrogen (secondary N) is 1. The predicted octanol–water partition coefficient (Wildman–Crippen LogP) is 2.46. The number of nitrogens with zero attached hydrogens (tertiary/aromatic N) is 2. The number of benzene rings is 1. The first-order valence-electron chi connectivity index (χ1n) is 9.91. The van der Waals surface area contributed by atoms with E-state index in [1.807, 2.05) is 34.6 Å². The third-order valence-electron chi connectivity index (χ3n) is 5.15. The summed E-state index contributed by atoms with van der Waals surface area (Å²) < 4.78 is 32.9. The molecule has 0 aromatic heterocycles. The van der Waals surface area contributed by atoms with E-state index >= 15 is 0 Å². The van der Waals surface area contributed by atoms with Crippen LogP contribution in [0.4, 0.5) is 5.69 Å². The Morgan fingerprint density at radius 3 is 2.36 bits per heavy atom. The number of morpholine rings is 1. The summed E-state index contributed by atoms with van der Waals surface area (Å²) >= 11 is 0. The van der Waals surface area contributed by atoms with E-state index in [1.54, 1.807) is 25.1 Å². The van der Waals surface area contributed by atoms with Gasteiger partial charge in [0.1, 0.15) is 0 Å². The van der Waals surface area contributed by atoms with E-state index in [-0.39, 0.29) is 29.1 Å². The van der Waals surface area contributed by atoms with Crippen LogP contribution in [-0.2, 0) is 19.6 Å². The summed E-state index contributed by atoms with van der Waals surface area (Å²) in [5.41, 5.74) is 1.15. The molecule has 2 rings (SSSR count). The Morgan fingerprint density at radius 1 is 1.25 bits per heavy atom. The van der Waals surface area contributed by atoms with Crippen LogP contribution in [-0.4, -0.2) is 68.0 Å². The summed E-state index contributed by atoms with van der Waals surface area (Å²) in [4.78, 5) is 15.1. The molecule has 1 aliphatic rings. The SMILES string of the molecule is CCN(CC)S(=O)(=O)c1cc(NC(=O)[C@H](C)N2C[C@@H](C)O[C@H](C)C2)ccc1C. The molecule has 1 saturated heterocycles. The van der Waals surface area contributed by atoms with Crippen LogP contribution in [0.25, 0.3) is 0 Å². The lowest BCUT2D eigenvalue weighted by molar-refractivity contribution is -0.126. The van der Waals surface area contributed by atoms with Crippen LogP contribution >= 0.6 is 0 Å². The van der Waals surface area contributed by atoms with Crippen molar-refractivity contribution >= 4 is 21.6 Å². The van der Waals surface area contributed by atoms with Crippen LogP contribution < -0.4 is 5.32 Å². The molecule has 3 atom stereocenters. The summed E-state index contributed by atoms with van der Waals surface area (Å²) in [6, 6.07) is 4.69. The first-order chi connectivity index (χ1) is 13.1. The molecule has 1 aromatic rings. The van der Waals surface area contributed by atoms with Crippen LogP contribution in [0.5, 0.6) is 0 Å². The molecule has 28 heavy (non-hydrogen) atoms. The second kappa shape index (κ2) is 9.35. The van der Waals surface area contributed by atoms with Crippen molar-refractivity contribution in [3.05, 3.63) is 23.8 Å². The van der Waals surface area contributed by atoms with Gasteiger partial charge in [-0.05, 0) is 45.4 Å². The van der Waals surface area contributed by atoms with Gasteiger partial charge >= 0.3 is 0 Å². The minimum atomic E-state index is -3.59. The molecule has 8 heteroatoms. The van der Waals surface area contributed by atoms with Gasteiger partial charge in [-0.1, -0.05) is 19.9 Å². The molecule has 1 heterocycles. The Kier molecular flexibility index (Phi) is 7.61. The number of ether oxygens (including phenoxy) is 1. The molecule has 0 radical (unpaired) electrons. The van der Waals surface area contributed by atoms with Gasteiger partial charge in [-0.3, -0.25) is 9.69 Å². The lowest BCUT2D eigenvalue weighted by atomic mass is 10.1. The van der Waals surface area contributed by atoms with Crippen molar-refractivity contribution in [2.75, 3.05) is 31.5 Å². The molecule has 158 valence electrons. The zero-order chi connectivity index (χ0) is 21.1. The minimum Gasteiger partial charge on any atom is -0.373 e. The van der Waals surface area contributed by atoms with Gasteiger partial charge in [0.05, 0.1) is 23.1 Å². The Bertz CT molecular complexity index is 783. The first kappa shape index (κ1) is 22.8. The van der Waals surface area contributed by atoms with E-state index in [4.69, 9.17) is 4.74 Å². The van der Waals surface area contributed by atoms with E-state index < -0.39 is 10.0 Å². The maximum Gasteiger partial charge on any atom is 0.243 e. The summed E-state index contributed by atoms with van der Waals surface area (Å²) in [6.07, 6.45) is 0.147. The fraction of sp³-hybridized carbons (Fsp3) is 0.650. The zero-order valence-corrected chi connectivity index (χ0v) is 18.5. The van der Waals surface area contributed by atoms with E-state index in [2.05, 4.69) is 10.2 Å². The maximum absolute atomic E-state index is 12.9. The molecular weight excluding hydrogens is 378 g/mol. The molecule has 1 fully saturated rings. The third kappa shape index (κ3) is 5.11. The van der Waals surface area contributed by atoms with Gasteiger partial charge in [0.25, 0.3) is 0 Å². The fourth-order valence-electron chi connectivity index (χ4n) is 3.60. The molecule has 1 N–H and O–H groups in total. The quantitative estimate of drug-likeness (QED) is 0.746. The number of sulfonamides is 1. The third-order valence-corrected chi connectivity index (χ3v) is 7.35. The Labute approximate surface area is 169 Å².